The van der Waals surface area contributed by atoms with Crippen LogP contribution in [-0.2, 0) is 26.7 Å². The maximum atomic E-state index is 12.5. The number of aromatic nitrogens is 1. The number of benzene rings is 2. The standard InChI is InChI=1S/C22H20N2O3/c1-23-14-21(27-15-16-7-3-2-4-8-16)20(25)11-18(23)13-24-12-17-9-5-6-10-19(17)22(24)26/h2-11,14H,12-13,15H2,1H3. The van der Waals surface area contributed by atoms with Gasteiger partial charge in [-0.2, -0.15) is 0 Å². The lowest BCUT2D eigenvalue weighted by atomic mass is 10.1. The van der Waals surface area contributed by atoms with Crippen LogP contribution in [0, 0.1) is 0 Å². The molecule has 0 aliphatic carbocycles. The zero-order valence-electron chi connectivity index (χ0n) is 15.1. The molecule has 1 aliphatic heterocycles. The molecule has 3 aromatic rings. The lowest BCUT2D eigenvalue weighted by Gasteiger charge is -2.18. The van der Waals surface area contributed by atoms with Crippen LogP contribution in [0.5, 0.6) is 5.75 Å². The molecule has 27 heavy (non-hydrogen) atoms. The van der Waals surface area contributed by atoms with Gasteiger partial charge in [0.1, 0.15) is 6.61 Å². The minimum Gasteiger partial charge on any atom is -0.483 e. The topological polar surface area (TPSA) is 51.5 Å². The highest BCUT2D eigenvalue weighted by Gasteiger charge is 2.27. The molecule has 136 valence electrons. The quantitative estimate of drug-likeness (QED) is 0.702. The van der Waals surface area contributed by atoms with E-state index < -0.39 is 0 Å². The Morgan fingerprint density at radius 3 is 2.52 bits per heavy atom. The molecule has 5 nitrogen and oxygen atoms in total. The molecule has 0 saturated carbocycles. The molecule has 5 heteroatoms. The maximum Gasteiger partial charge on any atom is 0.254 e. The summed E-state index contributed by atoms with van der Waals surface area (Å²) in [5.41, 5.74) is 3.36. The third kappa shape index (κ3) is 3.49. The second-order valence-corrected chi connectivity index (χ2v) is 6.70. The van der Waals surface area contributed by atoms with Crippen molar-refractivity contribution in [2.45, 2.75) is 19.7 Å². The van der Waals surface area contributed by atoms with Crippen molar-refractivity contribution in [1.82, 2.24) is 9.47 Å². The molecular weight excluding hydrogens is 340 g/mol. The summed E-state index contributed by atoms with van der Waals surface area (Å²) in [6.07, 6.45) is 1.69. The third-order valence-electron chi connectivity index (χ3n) is 4.79. The second kappa shape index (κ2) is 7.11. The van der Waals surface area contributed by atoms with Gasteiger partial charge in [-0.05, 0) is 17.2 Å². The average Bonchev–Trinajstić information content (AvgIpc) is 3.00. The van der Waals surface area contributed by atoms with Crippen molar-refractivity contribution in [1.29, 1.82) is 0 Å². The number of nitrogens with zero attached hydrogens (tertiary/aromatic N) is 2. The maximum absolute atomic E-state index is 12.5. The zero-order valence-corrected chi connectivity index (χ0v) is 15.1. The van der Waals surface area contributed by atoms with Crippen LogP contribution in [0.15, 0.2) is 71.7 Å². The van der Waals surface area contributed by atoms with E-state index in [1.54, 1.807) is 17.2 Å². The zero-order chi connectivity index (χ0) is 18.8. The monoisotopic (exact) mass is 360 g/mol. The molecule has 1 amide bonds. The smallest absolute Gasteiger partial charge is 0.254 e. The number of carbonyl (C=O) groups is 1. The fourth-order valence-corrected chi connectivity index (χ4v) is 3.29. The summed E-state index contributed by atoms with van der Waals surface area (Å²) in [6, 6.07) is 18.9. The van der Waals surface area contributed by atoms with Gasteiger partial charge in [-0.15, -0.1) is 0 Å². The fraction of sp³-hybridized carbons (Fsp3) is 0.182. The minimum absolute atomic E-state index is 0.00227. The first-order chi connectivity index (χ1) is 13.1. The van der Waals surface area contributed by atoms with Gasteiger partial charge < -0.3 is 14.2 Å². The van der Waals surface area contributed by atoms with Crippen LogP contribution in [0.1, 0.15) is 27.2 Å². The van der Waals surface area contributed by atoms with Crippen LogP contribution >= 0.6 is 0 Å². The van der Waals surface area contributed by atoms with E-state index in [1.165, 1.54) is 0 Å². The summed E-state index contributed by atoms with van der Waals surface area (Å²) in [7, 11) is 1.86. The molecule has 0 bridgehead atoms. The lowest BCUT2D eigenvalue weighted by Crippen LogP contribution is -2.26. The summed E-state index contributed by atoms with van der Waals surface area (Å²) >= 11 is 0. The largest absolute Gasteiger partial charge is 0.483 e. The van der Waals surface area contributed by atoms with Crippen LogP contribution in [0.2, 0.25) is 0 Å². The van der Waals surface area contributed by atoms with Crippen molar-refractivity contribution in [3.05, 3.63) is 99.5 Å². The molecular formula is C22H20N2O3. The first-order valence-corrected chi connectivity index (χ1v) is 8.85. The number of rotatable bonds is 5. The number of ether oxygens (including phenoxy) is 1. The Hall–Kier alpha value is -3.34. The summed E-state index contributed by atoms with van der Waals surface area (Å²) in [5.74, 6) is 0.309. The van der Waals surface area contributed by atoms with Crippen molar-refractivity contribution < 1.29 is 9.53 Å². The van der Waals surface area contributed by atoms with Crippen molar-refractivity contribution in [2.24, 2.45) is 7.05 Å². The van der Waals surface area contributed by atoms with Gasteiger partial charge in [0.2, 0.25) is 5.43 Å². The number of pyridine rings is 1. The molecule has 0 atom stereocenters. The molecule has 0 radical (unpaired) electrons. The molecule has 0 saturated heterocycles. The van der Waals surface area contributed by atoms with Crippen LogP contribution < -0.4 is 10.2 Å². The minimum atomic E-state index is -0.178. The first-order valence-electron chi connectivity index (χ1n) is 8.85. The van der Waals surface area contributed by atoms with Crippen LogP contribution in [0.4, 0.5) is 0 Å². The predicted octanol–water partition coefficient (Wildman–Crippen LogP) is 3.12. The van der Waals surface area contributed by atoms with Crippen LogP contribution in [-0.4, -0.2) is 15.4 Å². The van der Waals surface area contributed by atoms with E-state index in [1.807, 2.05) is 66.2 Å². The Morgan fingerprint density at radius 2 is 1.74 bits per heavy atom. The van der Waals surface area contributed by atoms with E-state index >= 15 is 0 Å². The Bertz CT molecular complexity index is 1040. The molecule has 0 fully saturated rings. The van der Waals surface area contributed by atoms with Crippen LogP contribution in [0.3, 0.4) is 0 Å². The highest BCUT2D eigenvalue weighted by molar-refractivity contribution is 5.98. The summed E-state index contributed by atoms with van der Waals surface area (Å²) in [4.78, 5) is 26.7. The summed E-state index contributed by atoms with van der Waals surface area (Å²) < 4.78 is 7.53. The Labute approximate surface area is 157 Å². The number of hydrogen-bond acceptors (Lipinski definition) is 3. The molecule has 0 spiro atoms. The van der Waals surface area contributed by atoms with Gasteiger partial charge in [0, 0.05) is 30.9 Å². The van der Waals surface area contributed by atoms with Gasteiger partial charge in [0.15, 0.2) is 5.75 Å². The average molecular weight is 360 g/mol. The van der Waals surface area contributed by atoms with Crippen LogP contribution in [0.25, 0.3) is 0 Å². The highest BCUT2D eigenvalue weighted by Crippen LogP contribution is 2.24. The number of hydrogen-bond donors (Lipinski definition) is 0. The van der Waals surface area contributed by atoms with Crippen molar-refractivity contribution >= 4 is 5.91 Å². The third-order valence-corrected chi connectivity index (χ3v) is 4.79. The second-order valence-electron chi connectivity index (χ2n) is 6.70. The van der Waals surface area contributed by atoms with Crippen molar-refractivity contribution in [3.8, 4) is 5.75 Å². The van der Waals surface area contributed by atoms with E-state index in [0.717, 1.165) is 22.4 Å². The van der Waals surface area contributed by atoms with Gasteiger partial charge >= 0.3 is 0 Å². The molecule has 0 N–H and O–H groups in total. The molecule has 2 aromatic carbocycles. The lowest BCUT2D eigenvalue weighted by molar-refractivity contribution is 0.0763. The Kier molecular flexibility index (Phi) is 4.50. The highest BCUT2D eigenvalue weighted by atomic mass is 16.5. The van der Waals surface area contributed by atoms with Gasteiger partial charge in [-0.3, -0.25) is 9.59 Å². The van der Waals surface area contributed by atoms with E-state index in [2.05, 4.69) is 0 Å². The molecule has 0 unspecified atom stereocenters. The van der Waals surface area contributed by atoms with E-state index in [0.29, 0.717) is 25.4 Å². The van der Waals surface area contributed by atoms with Gasteiger partial charge in [0.25, 0.3) is 5.91 Å². The molecule has 2 heterocycles. The summed E-state index contributed by atoms with van der Waals surface area (Å²) in [5, 5.41) is 0. The van der Waals surface area contributed by atoms with E-state index in [9.17, 15) is 9.59 Å². The van der Waals surface area contributed by atoms with Gasteiger partial charge in [-0.25, -0.2) is 0 Å². The van der Waals surface area contributed by atoms with Gasteiger partial charge in [0.05, 0.1) is 12.7 Å². The van der Waals surface area contributed by atoms with Gasteiger partial charge in [-0.1, -0.05) is 48.5 Å². The van der Waals surface area contributed by atoms with E-state index in [-0.39, 0.29) is 11.3 Å². The number of fused-ring (bicyclic) bond motifs is 1. The first kappa shape index (κ1) is 17.1. The fourth-order valence-electron chi connectivity index (χ4n) is 3.29. The van der Waals surface area contributed by atoms with Crippen molar-refractivity contribution in [2.75, 3.05) is 0 Å². The van der Waals surface area contributed by atoms with E-state index in [4.69, 9.17) is 4.74 Å². The Balaban J connectivity index is 1.49. The predicted molar refractivity (Wildman–Crippen MR) is 102 cm³/mol. The molecule has 1 aliphatic rings. The molecule has 1 aromatic heterocycles. The normalized spacial score (nSPS) is 12.9. The number of amides is 1. The SMILES string of the molecule is Cn1cc(OCc2ccccc2)c(=O)cc1CN1Cc2ccccc2C1=O. The van der Waals surface area contributed by atoms with Crippen molar-refractivity contribution in [3.63, 3.8) is 0 Å². The molecule has 4 rings (SSSR count). The number of carbonyl (C=O) groups excluding carboxylic acids is 1. The Morgan fingerprint density at radius 1 is 1.00 bits per heavy atom. The number of aryl methyl sites for hydroxylation is 1. The summed E-state index contributed by atoms with van der Waals surface area (Å²) in [6.45, 7) is 1.29.